The molecule has 29 heavy (non-hydrogen) atoms. The molecule has 0 bridgehead atoms. The van der Waals surface area contributed by atoms with Gasteiger partial charge in [-0.25, -0.2) is 0 Å². The molecular formula is C23H25N3OS2. The van der Waals surface area contributed by atoms with E-state index in [4.69, 9.17) is 0 Å². The van der Waals surface area contributed by atoms with Crippen LogP contribution in [0.1, 0.15) is 72.8 Å². The number of carbonyl (C=O) groups excluding carboxylic acids is 1. The number of benzene rings is 1. The number of rotatable bonds is 7. The molecule has 1 aromatic carbocycles. The van der Waals surface area contributed by atoms with E-state index in [-0.39, 0.29) is 5.78 Å². The van der Waals surface area contributed by atoms with Crippen molar-refractivity contribution in [1.29, 1.82) is 0 Å². The first-order valence-corrected chi connectivity index (χ1v) is 12.4. The summed E-state index contributed by atoms with van der Waals surface area (Å²) in [6, 6.07) is 12.9. The fourth-order valence-electron chi connectivity index (χ4n) is 4.20. The maximum atomic E-state index is 12.8. The zero-order valence-electron chi connectivity index (χ0n) is 16.4. The van der Waals surface area contributed by atoms with E-state index in [0.717, 1.165) is 21.4 Å². The Balaban J connectivity index is 1.26. The van der Waals surface area contributed by atoms with Crippen LogP contribution >= 0.6 is 23.1 Å². The maximum absolute atomic E-state index is 12.8. The molecule has 2 fully saturated rings. The van der Waals surface area contributed by atoms with Crippen molar-refractivity contribution in [1.82, 2.24) is 14.8 Å². The highest BCUT2D eigenvalue weighted by molar-refractivity contribution is 7.99. The van der Waals surface area contributed by atoms with Gasteiger partial charge in [0.1, 0.15) is 0 Å². The van der Waals surface area contributed by atoms with Crippen LogP contribution in [0.3, 0.4) is 0 Å². The summed E-state index contributed by atoms with van der Waals surface area (Å²) in [7, 11) is 0. The summed E-state index contributed by atoms with van der Waals surface area (Å²) in [5.74, 6) is 2.18. The van der Waals surface area contributed by atoms with E-state index in [9.17, 15) is 4.79 Å². The lowest BCUT2D eigenvalue weighted by Crippen LogP contribution is -2.07. The van der Waals surface area contributed by atoms with Crippen molar-refractivity contribution in [3.05, 3.63) is 52.9 Å². The Kier molecular flexibility index (Phi) is 5.55. The minimum atomic E-state index is 0.160. The molecule has 2 aliphatic rings. The number of thioether (sulfide) groups is 1. The second-order valence-electron chi connectivity index (χ2n) is 8.05. The van der Waals surface area contributed by atoms with Gasteiger partial charge in [-0.2, -0.15) is 0 Å². The molecule has 2 aromatic heterocycles. The number of aromatic nitrogens is 3. The van der Waals surface area contributed by atoms with Crippen LogP contribution in [-0.2, 0) is 0 Å². The predicted molar refractivity (Wildman–Crippen MR) is 119 cm³/mol. The maximum Gasteiger partial charge on any atom is 0.192 e. The van der Waals surface area contributed by atoms with Gasteiger partial charge in [0.15, 0.2) is 16.8 Å². The van der Waals surface area contributed by atoms with Gasteiger partial charge >= 0.3 is 0 Å². The highest BCUT2D eigenvalue weighted by Gasteiger charge is 2.30. The molecule has 2 aliphatic carbocycles. The first kappa shape index (κ1) is 19.1. The second-order valence-corrected chi connectivity index (χ2v) is 9.94. The monoisotopic (exact) mass is 423 g/mol. The molecule has 0 aliphatic heterocycles. The van der Waals surface area contributed by atoms with Gasteiger partial charge in [0, 0.05) is 11.6 Å². The zero-order valence-corrected chi connectivity index (χ0v) is 18.1. The number of hydrogen-bond acceptors (Lipinski definition) is 5. The van der Waals surface area contributed by atoms with Gasteiger partial charge in [0.05, 0.1) is 10.6 Å². The number of nitrogens with zero attached hydrogens (tertiary/aromatic N) is 3. The summed E-state index contributed by atoms with van der Waals surface area (Å²) in [6.07, 6.45) is 8.93. The van der Waals surface area contributed by atoms with Gasteiger partial charge < -0.3 is 0 Å². The summed E-state index contributed by atoms with van der Waals surface area (Å²) in [4.78, 5) is 13.9. The molecule has 0 amide bonds. The van der Waals surface area contributed by atoms with E-state index >= 15 is 0 Å². The summed E-state index contributed by atoms with van der Waals surface area (Å²) in [5, 5.41) is 11.8. The first-order valence-electron chi connectivity index (χ1n) is 10.5. The number of hydrogen-bond donors (Lipinski definition) is 0. The molecule has 2 saturated carbocycles. The first-order chi connectivity index (χ1) is 14.3. The van der Waals surface area contributed by atoms with Crippen molar-refractivity contribution in [2.75, 3.05) is 5.75 Å². The molecule has 4 nitrogen and oxygen atoms in total. The summed E-state index contributed by atoms with van der Waals surface area (Å²) < 4.78 is 2.23. The minimum Gasteiger partial charge on any atom is -0.298 e. The average Bonchev–Trinajstić information content (AvgIpc) is 3.29. The molecule has 5 rings (SSSR count). The summed E-state index contributed by atoms with van der Waals surface area (Å²) in [6.45, 7) is 0. The molecule has 3 aromatic rings. The Morgan fingerprint density at radius 1 is 1.03 bits per heavy atom. The van der Waals surface area contributed by atoms with E-state index < -0.39 is 0 Å². The average molecular weight is 424 g/mol. The fraction of sp³-hybridized carbons (Fsp3) is 0.435. The van der Waals surface area contributed by atoms with Gasteiger partial charge in [-0.3, -0.25) is 9.36 Å². The molecule has 150 valence electrons. The molecule has 0 spiro atoms. The van der Waals surface area contributed by atoms with Crippen molar-refractivity contribution >= 4 is 28.9 Å². The van der Waals surface area contributed by atoms with Crippen LogP contribution in [0, 0.1) is 0 Å². The normalized spacial score (nSPS) is 17.5. The van der Waals surface area contributed by atoms with E-state index in [2.05, 4.69) is 38.3 Å². The fourth-order valence-corrected chi connectivity index (χ4v) is 5.81. The Bertz CT molecular complexity index is 968. The Labute approximate surface area is 179 Å². The van der Waals surface area contributed by atoms with Crippen molar-refractivity contribution in [3.63, 3.8) is 0 Å². The molecule has 0 radical (unpaired) electrons. The van der Waals surface area contributed by atoms with Crippen molar-refractivity contribution in [2.24, 2.45) is 0 Å². The summed E-state index contributed by atoms with van der Waals surface area (Å²) >= 11 is 3.20. The highest BCUT2D eigenvalue weighted by Crippen LogP contribution is 2.42. The van der Waals surface area contributed by atoms with Crippen molar-refractivity contribution in [2.45, 2.75) is 62.1 Å². The van der Waals surface area contributed by atoms with E-state index in [1.54, 1.807) is 11.3 Å². The number of carbonyl (C=O) groups is 1. The highest BCUT2D eigenvalue weighted by atomic mass is 32.2. The van der Waals surface area contributed by atoms with Crippen LogP contribution < -0.4 is 0 Å². The van der Waals surface area contributed by atoms with Crippen LogP contribution in [-0.4, -0.2) is 26.3 Å². The van der Waals surface area contributed by atoms with Crippen LogP contribution in [0.25, 0.3) is 10.7 Å². The van der Waals surface area contributed by atoms with Crippen LogP contribution in [0.15, 0.2) is 46.9 Å². The largest absolute Gasteiger partial charge is 0.298 e. The SMILES string of the molecule is O=C(CSc1nnc(-c2cccs2)n1C1CC1)c1ccc(C2CCCCC2)cc1. The number of thiophene rings is 1. The quantitative estimate of drug-likeness (QED) is 0.327. The van der Waals surface area contributed by atoms with Gasteiger partial charge in [-0.15, -0.1) is 21.5 Å². The van der Waals surface area contributed by atoms with Crippen molar-refractivity contribution in [3.8, 4) is 10.7 Å². The Morgan fingerprint density at radius 2 is 1.83 bits per heavy atom. The lowest BCUT2D eigenvalue weighted by Gasteiger charge is -2.22. The number of ketones is 1. The topological polar surface area (TPSA) is 47.8 Å². The third kappa shape index (κ3) is 4.19. The van der Waals surface area contributed by atoms with Gasteiger partial charge in [-0.1, -0.05) is 61.4 Å². The Hall–Kier alpha value is -1.92. The molecular weight excluding hydrogens is 398 g/mol. The predicted octanol–water partition coefficient (Wildman–Crippen LogP) is 6.36. The molecule has 0 N–H and O–H groups in total. The van der Waals surface area contributed by atoms with Crippen LogP contribution in [0.5, 0.6) is 0 Å². The number of Topliss-reactive ketones (excluding diaryl/α,β-unsaturated/α-hetero) is 1. The standard InChI is InChI=1S/C23H25N3OS2/c27-20(18-10-8-17(9-11-18)16-5-2-1-3-6-16)15-29-23-25-24-22(21-7-4-14-28-21)26(23)19-12-13-19/h4,7-11,14,16,19H,1-3,5-6,12-13,15H2. The lowest BCUT2D eigenvalue weighted by molar-refractivity contribution is 0.102. The van der Waals surface area contributed by atoms with E-state index in [0.29, 0.717) is 17.7 Å². The third-order valence-electron chi connectivity index (χ3n) is 5.96. The zero-order chi connectivity index (χ0) is 19.6. The van der Waals surface area contributed by atoms with Crippen molar-refractivity contribution < 1.29 is 4.79 Å². The van der Waals surface area contributed by atoms with Gasteiger partial charge in [-0.05, 0) is 48.6 Å². The minimum absolute atomic E-state index is 0.160. The molecule has 6 heteroatoms. The molecule has 2 heterocycles. The molecule has 0 unspecified atom stereocenters. The van der Waals surface area contributed by atoms with Crippen LogP contribution in [0.4, 0.5) is 0 Å². The summed E-state index contributed by atoms with van der Waals surface area (Å²) in [5.41, 5.74) is 2.19. The lowest BCUT2D eigenvalue weighted by atomic mass is 9.84. The molecule has 0 saturated heterocycles. The van der Waals surface area contributed by atoms with Crippen LogP contribution in [0.2, 0.25) is 0 Å². The molecule has 0 atom stereocenters. The van der Waals surface area contributed by atoms with E-state index in [1.165, 1.54) is 62.3 Å². The second kappa shape index (κ2) is 8.44. The van der Waals surface area contributed by atoms with Gasteiger partial charge in [0.2, 0.25) is 0 Å². The van der Waals surface area contributed by atoms with E-state index in [1.807, 2.05) is 18.2 Å². The smallest absolute Gasteiger partial charge is 0.192 e. The van der Waals surface area contributed by atoms with Gasteiger partial charge in [0.25, 0.3) is 0 Å². The third-order valence-corrected chi connectivity index (χ3v) is 7.77. The Morgan fingerprint density at radius 3 is 2.52 bits per heavy atom.